The lowest BCUT2D eigenvalue weighted by Crippen LogP contribution is -2.20. The van der Waals surface area contributed by atoms with Gasteiger partial charge in [0.05, 0.1) is 0 Å². The van der Waals surface area contributed by atoms with E-state index >= 15 is 0 Å². The van der Waals surface area contributed by atoms with Crippen molar-refractivity contribution in [2.75, 3.05) is 11.9 Å². The SMILES string of the molecule is Cc1cc(O)ccc1NC(=O)COc1cccc(F)c1. The van der Waals surface area contributed by atoms with Gasteiger partial charge in [-0.3, -0.25) is 4.79 Å². The zero-order chi connectivity index (χ0) is 14.5. The van der Waals surface area contributed by atoms with Gasteiger partial charge >= 0.3 is 0 Å². The molecule has 0 spiro atoms. The van der Waals surface area contributed by atoms with Crippen LogP contribution in [-0.2, 0) is 4.79 Å². The number of hydrogen-bond acceptors (Lipinski definition) is 3. The molecule has 0 bridgehead atoms. The fourth-order valence-electron chi connectivity index (χ4n) is 1.68. The van der Waals surface area contributed by atoms with Crippen LogP contribution in [0.25, 0.3) is 0 Å². The van der Waals surface area contributed by atoms with Crippen molar-refractivity contribution in [1.82, 2.24) is 0 Å². The number of aromatic hydroxyl groups is 1. The zero-order valence-electron chi connectivity index (χ0n) is 10.9. The molecule has 2 aromatic rings. The van der Waals surface area contributed by atoms with Crippen LogP contribution >= 0.6 is 0 Å². The van der Waals surface area contributed by atoms with Crippen molar-refractivity contribution in [3.8, 4) is 11.5 Å². The molecule has 104 valence electrons. The van der Waals surface area contributed by atoms with E-state index in [0.29, 0.717) is 11.4 Å². The summed E-state index contributed by atoms with van der Waals surface area (Å²) in [7, 11) is 0. The van der Waals surface area contributed by atoms with Gasteiger partial charge in [0.1, 0.15) is 17.3 Å². The van der Waals surface area contributed by atoms with Gasteiger partial charge in [0.15, 0.2) is 6.61 Å². The maximum absolute atomic E-state index is 12.9. The Hall–Kier alpha value is -2.56. The Morgan fingerprint density at radius 2 is 2.10 bits per heavy atom. The first-order chi connectivity index (χ1) is 9.54. The number of carbonyl (C=O) groups is 1. The number of ether oxygens (including phenoxy) is 1. The summed E-state index contributed by atoms with van der Waals surface area (Å²) in [6.07, 6.45) is 0. The van der Waals surface area contributed by atoms with Crippen LogP contribution in [0.4, 0.5) is 10.1 Å². The van der Waals surface area contributed by atoms with E-state index in [0.717, 1.165) is 5.56 Å². The van der Waals surface area contributed by atoms with Gasteiger partial charge in [0.2, 0.25) is 0 Å². The molecule has 5 heteroatoms. The Morgan fingerprint density at radius 3 is 2.80 bits per heavy atom. The second-order valence-corrected chi connectivity index (χ2v) is 4.29. The van der Waals surface area contributed by atoms with Gasteiger partial charge in [-0.2, -0.15) is 0 Å². The molecule has 0 heterocycles. The maximum Gasteiger partial charge on any atom is 0.262 e. The highest BCUT2D eigenvalue weighted by Gasteiger charge is 2.06. The maximum atomic E-state index is 12.9. The molecule has 0 aliphatic rings. The highest BCUT2D eigenvalue weighted by molar-refractivity contribution is 5.92. The molecule has 0 aliphatic carbocycles. The second kappa shape index (κ2) is 6.06. The monoisotopic (exact) mass is 275 g/mol. The van der Waals surface area contributed by atoms with Crippen LogP contribution in [0.5, 0.6) is 11.5 Å². The largest absolute Gasteiger partial charge is 0.508 e. The summed E-state index contributed by atoms with van der Waals surface area (Å²) in [5.41, 5.74) is 1.33. The van der Waals surface area contributed by atoms with E-state index < -0.39 is 5.82 Å². The first-order valence-electron chi connectivity index (χ1n) is 6.02. The minimum Gasteiger partial charge on any atom is -0.508 e. The van der Waals surface area contributed by atoms with E-state index in [4.69, 9.17) is 4.74 Å². The van der Waals surface area contributed by atoms with Gasteiger partial charge in [0, 0.05) is 11.8 Å². The number of anilines is 1. The van der Waals surface area contributed by atoms with E-state index in [1.807, 2.05) is 0 Å². The number of nitrogens with one attached hydrogen (secondary N) is 1. The average Bonchev–Trinajstić information content (AvgIpc) is 2.40. The standard InChI is InChI=1S/C15H14FNO3/c1-10-7-12(18)5-6-14(10)17-15(19)9-20-13-4-2-3-11(16)8-13/h2-8,18H,9H2,1H3,(H,17,19). The lowest BCUT2D eigenvalue weighted by Gasteiger charge is -2.10. The Bertz CT molecular complexity index is 628. The number of carbonyl (C=O) groups excluding carboxylic acids is 1. The number of rotatable bonds is 4. The minimum atomic E-state index is -0.419. The molecule has 0 radical (unpaired) electrons. The molecule has 0 fully saturated rings. The van der Waals surface area contributed by atoms with Gasteiger partial charge < -0.3 is 15.2 Å². The molecule has 0 saturated heterocycles. The molecule has 0 aliphatic heterocycles. The van der Waals surface area contributed by atoms with Gasteiger partial charge in [-0.15, -0.1) is 0 Å². The summed E-state index contributed by atoms with van der Waals surface area (Å²) in [4.78, 5) is 11.7. The molecule has 0 aromatic heterocycles. The van der Waals surface area contributed by atoms with E-state index in [1.165, 1.54) is 24.3 Å². The summed E-state index contributed by atoms with van der Waals surface area (Å²) < 4.78 is 18.1. The third kappa shape index (κ3) is 3.71. The molecule has 20 heavy (non-hydrogen) atoms. The fourth-order valence-corrected chi connectivity index (χ4v) is 1.68. The van der Waals surface area contributed by atoms with E-state index in [2.05, 4.69) is 5.32 Å². The molecule has 0 saturated carbocycles. The molecule has 1 amide bonds. The van der Waals surface area contributed by atoms with Crippen LogP contribution in [0, 0.1) is 12.7 Å². The van der Waals surface area contributed by atoms with Gasteiger partial charge in [-0.1, -0.05) is 6.07 Å². The summed E-state index contributed by atoms with van der Waals surface area (Å²) in [6, 6.07) is 10.2. The normalized spacial score (nSPS) is 10.1. The van der Waals surface area contributed by atoms with Gasteiger partial charge in [-0.25, -0.2) is 4.39 Å². The lowest BCUT2D eigenvalue weighted by molar-refractivity contribution is -0.118. The Morgan fingerprint density at radius 1 is 1.30 bits per heavy atom. The van der Waals surface area contributed by atoms with Crippen molar-refractivity contribution in [2.24, 2.45) is 0 Å². The summed E-state index contributed by atoms with van der Waals surface area (Å²) >= 11 is 0. The number of hydrogen-bond donors (Lipinski definition) is 2. The molecular formula is C15H14FNO3. The first-order valence-corrected chi connectivity index (χ1v) is 6.02. The predicted octanol–water partition coefficient (Wildman–Crippen LogP) is 2.86. The van der Waals surface area contributed by atoms with Crippen LogP contribution < -0.4 is 10.1 Å². The van der Waals surface area contributed by atoms with Gasteiger partial charge in [0.25, 0.3) is 5.91 Å². The molecule has 0 unspecified atom stereocenters. The summed E-state index contributed by atoms with van der Waals surface area (Å²) in [6.45, 7) is 1.55. The average molecular weight is 275 g/mol. The number of amides is 1. The molecule has 0 atom stereocenters. The Labute approximate surface area is 115 Å². The topological polar surface area (TPSA) is 58.6 Å². The Balaban J connectivity index is 1.92. The van der Waals surface area contributed by atoms with Gasteiger partial charge in [-0.05, 0) is 42.8 Å². The smallest absolute Gasteiger partial charge is 0.262 e. The number of phenols is 1. The van der Waals surface area contributed by atoms with Crippen LogP contribution in [-0.4, -0.2) is 17.6 Å². The van der Waals surface area contributed by atoms with Crippen LogP contribution in [0.3, 0.4) is 0 Å². The van der Waals surface area contributed by atoms with Crippen LogP contribution in [0.15, 0.2) is 42.5 Å². The van der Waals surface area contributed by atoms with Crippen molar-refractivity contribution >= 4 is 11.6 Å². The van der Waals surface area contributed by atoms with Crippen molar-refractivity contribution < 1.29 is 19.0 Å². The fraction of sp³-hybridized carbons (Fsp3) is 0.133. The van der Waals surface area contributed by atoms with E-state index in [-0.39, 0.29) is 18.3 Å². The number of aryl methyl sites for hydroxylation is 1. The molecule has 2 N–H and O–H groups in total. The van der Waals surface area contributed by atoms with E-state index in [1.54, 1.807) is 25.1 Å². The van der Waals surface area contributed by atoms with Crippen molar-refractivity contribution in [2.45, 2.75) is 6.92 Å². The Kier molecular flexibility index (Phi) is 4.20. The third-order valence-corrected chi connectivity index (χ3v) is 2.65. The second-order valence-electron chi connectivity index (χ2n) is 4.29. The van der Waals surface area contributed by atoms with E-state index in [9.17, 15) is 14.3 Å². The highest BCUT2D eigenvalue weighted by Crippen LogP contribution is 2.20. The molecular weight excluding hydrogens is 261 g/mol. The number of benzene rings is 2. The third-order valence-electron chi connectivity index (χ3n) is 2.65. The highest BCUT2D eigenvalue weighted by atomic mass is 19.1. The number of phenolic OH excluding ortho intramolecular Hbond substituents is 1. The summed E-state index contributed by atoms with van der Waals surface area (Å²) in [5.74, 6) is -0.348. The van der Waals surface area contributed by atoms with Crippen LogP contribution in [0.1, 0.15) is 5.56 Å². The summed E-state index contributed by atoms with van der Waals surface area (Å²) in [5, 5.41) is 11.9. The minimum absolute atomic E-state index is 0.136. The van der Waals surface area contributed by atoms with Crippen molar-refractivity contribution in [3.05, 3.63) is 53.8 Å². The van der Waals surface area contributed by atoms with Crippen molar-refractivity contribution in [1.29, 1.82) is 0 Å². The molecule has 2 rings (SSSR count). The van der Waals surface area contributed by atoms with Crippen LogP contribution in [0.2, 0.25) is 0 Å². The quantitative estimate of drug-likeness (QED) is 0.843. The lowest BCUT2D eigenvalue weighted by atomic mass is 10.2. The molecule has 4 nitrogen and oxygen atoms in total. The molecule has 2 aromatic carbocycles. The first kappa shape index (κ1) is 13.9. The number of halogens is 1. The zero-order valence-corrected chi connectivity index (χ0v) is 10.9. The van der Waals surface area contributed by atoms with Crippen molar-refractivity contribution in [3.63, 3.8) is 0 Å². The predicted molar refractivity (Wildman–Crippen MR) is 73.4 cm³/mol.